The molecule has 2 unspecified atom stereocenters. The summed E-state index contributed by atoms with van der Waals surface area (Å²) in [5.74, 6) is 1.14. The predicted octanol–water partition coefficient (Wildman–Crippen LogP) is 3.57. The second-order valence-electron chi connectivity index (χ2n) is 5.75. The van der Waals surface area contributed by atoms with Crippen LogP contribution in [0.3, 0.4) is 0 Å². The van der Waals surface area contributed by atoms with Gasteiger partial charge in [-0.25, -0.2) is 0 Å². The molecule has 1 aliphatic heterocycles. The first-order valence-corrected chi connectivity index (χ1v) is 7.94. The number of fused-ring (bicyclic) bond motifs is 3. The average Bonchev–Trinajstić information content (AvgIpc) is 2.59. The third-order valence-corrected chi connectivity index (χ3v) is 7.04. The fraction of sp³-hybridized carbons (Fsp3) is 1.00. The molecular formula is C12H16Br2O2. The summed E-state index contributed by atoms with van der Waals surface area (Å²) in [5, 5.41) is 0. The van der Waals surface area contributed by atoms with Gasteiger partial charge in [0.2, 0.25) is 0 Å². The Morgan fingerprint density at radius 3 is 2.50 bits per heavy atom. The summed E-state index contributed by atoms with van der Waals surface area (Å²) in [6.45, 7) is 0. The van der Waals surface area contributed by atoms with Gasteiger partial charge >= 0.3 is 0 Å². The Kier molecular flexibility index (Phi) is 2.19. The van der Waals surface area contributed by atoms with E-state index in [1.165, 1.54) is 19.3 Å². The SMILES string of the molecule is BrC1(Br)C2C[C@H]3OC4(CCCCC4)O[C@H]3C21. The molecule has 0 bridgehead atoms. The van der Waals surface area contributed by atoms with E-state index >= 15 is 0 Å². The zero-order valence-electron chi connectivity index (χ0n) is 9.12. The maximum absolute atomic E-state index is 6.32. The highest BCUT2D eigenvalue weighted by molar-refractivity contribution is 9.25. The van der Waals surface area contributed by atoms with E-state index in [4.69, 9.17) is 9.47 Å². The Balaban J connectivity index is 1.54. The van der Waals surface area contributed by atoms with Gasteiger partial charge in [0, 0.05) is 18.8 Å². The molecule has 4 heteroatoms. The Hall–Kier alpha value is 0.880. The molecule has 4 fully saturated rings. The molecule has 0 aromatic heterocycles. The molecule has 4 atom stereocenters. The largest absolute Gasteiger partial charge is 0.344 e. The molecular weight excluding hydrogens is 336 g/mol. The van der Waals surface area contributed by atoms with Crippen molar-refractivity contribution in [2.24, 2.45) is 11.8 Å². The van der Waals surface area contributed by atoms with Crippen LogP contribution >= 0.6 is 31.9 Å². The highest BCUT2D eigenvalue weighted by Crippen LogP contribution is 2.72. The van der Waals surface area contributed by atoms with Crippen LogP contribution < -0.4 is 0 Å². The minimum absolute atomic E-state index is 0.157. The van der Waals surface area contributed by atoms with Crippen LogP contribution in [0.2, 0.25) is 0 Å². The van der Waals surface area contributed by atoms with Gasteiger partial charge in [0.25, 0.3) is 0 Å². The van der Waals surface area contributed by atoms with Crippen LogP contribution in [0.15, 0.2) is 0 Å². The van der Waals surface area contributed by atoms with Crippen LogP contribution in [0, 0.1) is 11.8 Å². The minimum Gasteiger partial charge on any atom is -0.344 e. The molecule has 2 nitrogen and oxygen atoms in total. The van der Waals surface area contributed by atoms with E-state index in [1.54, 1.807) is 0 Å². The van der Waals surface area contributed by atoms with E-state index in [2.05, 4.69) is 31.9 Å². The molecule has 3 saturated carbocycles. The van der Waals surface area contributed by atoms with Gasteiger partial charge in [0.15, 0.2) is 5.79 Å². The van der Waals surface area contributed by atoms with Crippen LogP contribution in [0.5, 0.6) is 0 Å². The number of halogens is 2. The molecule has 16 heavy (non-hydrogen) atoms. The van der Waals surface area contributed by atoms with Crippen LogP contribution in [0.1, 0.15) is 38.5 Å². The molecule has 0 aromatic carbocycles. The highest BCUT2D eigenvalue weighted by atomic mass is 79.9. The average molecular weight is 352 g/mol. The van der Waals surface area contributed by atoms with Crippen molar-refractivity contribution in [3.05, 3.63) is 0 Å². The monoisotopic (exact) mass is 350 g/mol. The first kappa shape index (κ1) is 10.8. The van der Waals surface area contributed by atoms with Gasteiger partial charge in [-0.1, -0.05) is 38.3 Å². The fourth-order valence-electron chi connectivity index (χ4n) is 3.93. The van der Waals surface area contributed by atoms with E-state index < -0.39 is 0 Å². The zero-order chi connectivity index (χ0) is 11.0. The lowest BCUT2D eigenvalue weighted by Crippen LogP contribution is -2.34. The van der Waals surface area contributed by atoms with Crippen molar-refractivity contribution < 1.29 is 9.47 Å². The zero-order valence-corrected chi connectivity index (χ0v) is 12.3. The second kappa shape index (κ2) is 3.25. The number of ether oxygens (including phenoxy) is 2. The number of rotatable bonds is 0. The van der Waals surface area contributed by atoms with Gasteiger partial charge in [-0.3, -0.25) is 0 Å². The lowest BCUT2D eigenvalue weighted by Gasteiger charge is -2.32. The van der Waals surface area contributed by atoms with Crippen LogP contribution in [-0.2, 0) is 9.47 Å². The van der Waals surface area contributed by atoms with Crippen molar-refractivity contribution in [3.63, 3.8) is 0 Å². The topological polar surface area (TPSA) is 18.5 Å². The molecule has 1 spiro atoms. The molecule has 4 aliphatic rings. The van der Waals surface area contributed by atoms with E-state index in [0.717, 1.165) is 19.3 Å². The van der Waals surface area contributed by atoms with Crippen molar-refractivity contribution in [1.29, 1.82) is 0 Å². The Bertz CT molecular complexity index is 325. The maximum Gasteiger partial charge on any atom is 0.169 e. The Labute approximate surface area is 113 Å². The third-order valence-electron chi connectivity index (χ3n) is 4.80. The van der Waals surface area contributed by atoms with Crippen molar-refractivity contribution in [2.75, 3.05) is 0 Å². The Morgan fingerprint density at radius 1 is 1.00 bits per heavy atom. The predicted molar refractivity (Wildman–Crippen MR) is 67.7 cm³/mol. The lowest BCUT2D eigenvalue weighted by atomic mass is 9.94. The van der Waals surface area contributed by atoms with E-state index in [0.29, 0.717) is 24.0 Å². The van der Waals surface area contributed by atoms with Gasteiger partial charge < -0.3 is 9.47 Å². The van der Waals surface area contributed by atoms with Crippen LogP contribution in [-0.4, -0.2) is 21.2 Å². The first-order valence-electron chi connectivity index (χ1n) is 6.36. The van der Waals surface area contributed by atoms with E-state index in [-0.39, 0.29) is 9.02 Å². The van der Waals surface area contributed by atoms with E-state index in [9.17, 15) is 0 Å². The van der Waals surface area contributed by atoms with Crippen molar-refractivity contribution in [2.45, 2.75) is 59.8 Å². The summed E-state index contributed by atoms with van der Waals surface area (Å²) in [6, 6.07) is 0. The number of hydrogen-bond acceptors (Lipinski definition) is 2. The number of alkyl halides is 2. The van der Waals surface area contributed by atoms with Crippen molar-refractivity contribution in [3.8, 4) is 0 Å². The lowest BCUT2D eigenvalue weighted by molar-refractivity contribution is -0.198. The molecule has 1 heterocycles. The van der Waals surface area contributed by atoms with E-state index in [1.807, 2.05) is 0 Å². The van der Waals surface area contributed by atoms with Gasteiger partial charge in [-0.15, -0.1) is 0 Å². The Morgan fingerprint density at radius 2 is 1.75 bits per heavy atom. The molecule has 3 aliphatic carbocycles. The molecule has 0 aromatic rings. The molecule has 90 valence electrons. The van der Waals surface area contributed by atoms with Crippen molar-refractivity contribution >= 4 is 31.9 Å². The molecule has 0 amide bonds. The summed E-state index contributed by atoms with van der Waals surface area (Å²) in [7, 11) is 0. The molecule has 4 rings (SSSR count). The van der Waals surface area contributed by atoms with Gasteiger partial charge in [-0.2, -0.15) is 0 Å². The highest BCUT2D eigenvalue weighted by Gasteiger charge is 2.74. The van der Waals surface area contributed by atoms with Gasteiger partial charge in [0.1, 0.15) is 0 Å². The van der Waals surface area contributed by atoms with Crippen LogP contribution in [0.4, 0.5) is 0 Å². The molecule has 0 radical (unpaired) electrons. The molecule has 1 saturated heterocycles. The van der Waals surface area contributed by atoms with Gasteiger partial charge in [0.05, 0.1) is 15.4 Å². The maximum atomic E-state index is 6.32. The second-order valence-corrected chi connectivity index (χ2v) is 9.44. The standard InChI is InChI=1S/C12H16Br2O2/c13-12(14)7-6-8-10(9(7)12)16-11(15-8)4-2-1-3-5-11/h7-10H,1-6H2/t7?,8-,9?,10-/m1/s1. The quantitative estimate of drug-likeness (QED) is 0.621. The number of hydrogen-bond donors (Lipinski definition) is 0. The summed E-state index contributed by atoms with van der Waals surface area (Å²) in [4.78, 5) is 0. The van der Waals surface area contributed by atoms with Gasteiger partial charge in [-0.05, 0) is 25.2 Å². The fourth-order valence-corrected chi connectivity index (χ4v) is 5.76. The normalized spacial score (nSPS) is 51.4. The summed E-state index contributed by atoms with van der Waals surface area (Å²) >= 11 is 7.52. The third kappa shape index (κ3) is 1.30. The summed E-state index contributed by atoms with van der Waals surface area (Å²) in [5.41, 5.74) is 0. The van der Waals surface area contributed by atoms with Crippen molar-refractivity contribution in [1.82, 2.24) is 0 Å². The summed E-state index contributed by atoms with van der Waals surface area (Å²) < 4.78 is 12.7. The molecule has 0 N–H and O–H groups in total. The minimum atomic E-state index is -0.197. The van der Waals surface area contributed by atoms with Crippen LogP contribution in [0.25, 0.3) is 0 Å². The summed E-state index contributed by atoms with van der Waals surface area (Å²) in [6.07, 6.45) is 7.95. The first-order chi connectivity index (χ1) is 7.62. The smallest absolute Gasteiger partial charge is 0.169 e.